The third-order valence-electron chi connectivity index (χ3n) is 3.70. The van der Waals surface area contributed by atoms with Gasteiger partial charge in [0.2, 0.25) is 11.8 Å². The maximum absolute atomic E-state index is 12.1. The number of hydrogen-bond acceptors (Lipinski definition) is 3. The predicted octanol–water partition coefficient (Wildman–Crippen LogP) is 1.24. The van der Waals surface area contributed by atoms with E-state index in [1.807, 2.05) is 31.2 Å². The van der Waals surface area contributed by atoms with Crippen LogP contribution in [0.2, 0.25) is 0 Å². The summed E-state index contributed by atoms with van der Waals surface area (Å²) in [4.78, 5) is 25.8. The van der Waals surface area contributed by atoms with Gasteiger partial charge in [0.05, 0.1) is 12.0 Å². The van der Waals surface area contributed by atoms with Crippen molar-refractivity contribution in [3.05, 3.63) is 29.8 Å². The smallest absolute Gasteiger partial charge is 0.227 e. The van der Waals surface area contributed by atoms with Gasteiger partial charge in [0.15, 0.2) is 0 Å². The largest absolute Gasteiger partial charge is 0.393 e. The second kappa shape index (κ2) is 6.72. The molecule has 1 aliphatic heterocycles. The highest BCUT2D eigenvalue weighted by Crippen LogP contribution is 2.25. The van der Waals surface area contributed by atoms with Crippen LogP contribution in [0.1, 0.15) is 25.3 Å². The molecular weight excluding hydrogens is 268 g/mol. The molecule has 5 heteroatoms. The van der Waals surface area contributed by atoms with E-state index in [0.29, 0.717) is 19.5 Å². The number of rotatable bonds is 5. The van der Waals surface area contributed by atoms with E-state index < -0.39 is 6.10 Å². The summed E-state index contributed by atoms with van der Waals surface area (Å²) in [5, 5.41) is 12.0. The molecule has 2 rings (SSSR count). The Morgan fingerprint density at radius 2 is 2.10 bits per heavy atom. The number of carbonyl (C=O) groups excluding carboxylic acids is 2. The lowest BCUT2D eigenvalue weighted by atomic mass is 10.1. The molecular formula is C16H22N2O3. The average Bonchev–Trinajstić information content (AvgIpc) is 2.81. The molecule has 2 atom stereocenters. The molecule has 0 radical (unpaired) electrons. The highest BCUT2D eigenvalue weighted by atomic mass is 16.3. The molecule has 0 bridgehead atoms. The predicted molar refractivity (Wildman–Crippen MR) is 80.9 cm³/mol. The quantitative estimate of drug-likeness (QED) is 0.857. The van der Waals surface area contributed by atoms with Gasteiger partial charge in [-0.15, -0.1) is 0 Å². The van der Waals surface area contributed by atoms with E-state index in [1.165, 1.54) is 0 Å². The molecule has 0 spiro atoms. The van der Waals surface area contributed by atoms with Crippen molar-refractivity contribution in [1.29, 1.82) is 0 Å². The Bertz CT molecular complexity index is 511. The normalized spacial score (nSPS) is 19.7. The Morgan fingerprint density at radius 1 is 1.43 bits per heavy atom. The van der Waals surface area contributed by atoms with Crippen LogP contribution in [-0.4, -0.2) is 36.1 Å². The molecule has 2 amide bonds. The SMILES string of the molecule is Cc1ccc(N2CC(C(=O)NCCC(C)O)CC2=O)cc1. The fraction of sp³-hybridized carbons (Fsp3) is 0.500. The molecule has 114 valence electrons. The van der Waals surface area contributed by atoms with Crippen LogP contribution in [-0.2, 0) is 9.59 Å². The van der Waals surface area contributed by atoms with Crippen LogP contribution in [0, 0.1) is 12.8 Å². The summed E-state index contributed by atoms with van der Waals surface area (Å²) in [6, 6.07) is 7.72. The van der Waals surface area contributed by atoms with E-state index in [2.05, 4.69) is 5.32 Å². The molecule has 1 fully saturated rings. The number of amides is 2. The van der Waals surface area contributed by atoms with E-state index in [9.17, 15) is 14.7 Å². The van der Waals surface area contributed by atoms with Crippen LogP contribution in [0.25, 0.3) is 0 Å². The second-order valence-electron chi connectivity index (χ2n) is 5.67. The lowest BCUT2D eigenvalue weighted by Gasteiger charge is -2.17. The van der Waals surface area contributed by atoms with E-state index in [1.54, 1.807) is 11.8 Å². The van der Waals surface area contributed by atoms with Crippen molar-refractivity contribution in [2.75, 3.05) is 18.0 Å². The first-order valence-electron chi connectivity index (χ1n) is 7.30. The van der Waals surface area contributed by atoms with Crippen molar-refractivity contribution >= 4 is 17.5 Å². The molecule has 21 heavy (non-hydrogen) atoms. The highest BCUT2D eigenvalue weighted by Gasteiger charge is 2.34. The molecule has 0 aromatic heterocycles. The molecule has 0 aliphatic carbocycles. The van der Waals surface area contributed by atoms with Crippen LogP contribution in [0.3, 0.4) is 0 Å². The van der Waals surface area contributed by atoms with Crippen LogP contribution in [0.5, 0.6) is 0 Å². The molecule has 1 aliphatic rings. The topological polar surface area (TPSA) is 69.6 Å². The lowest BCUT2D eigenvalue weighted by Crippen LogP contribution is -2.34. The van der Waals surface area contributed by atoms with Gasteiger partial charge in [-0.25, -0.2) is 0 Å². The number of aryl methyl sites for hydroxylation is 1. The maximum atomic E-state index is 12.1. The van der Waals surface area contributed by atoms with Crippen LogP contribution < -0.4 is 10.2 Å². The number of benzene rings is 1. The second-order valence-corrected chi connectivity index (χ2v) is 5.67. The minimum atomic E-state index is -0.431. The van der Waals surface area contributed by atoms with Gasteiger partial charge in [-0.1, -0.05) is 17.7 Å². The van der Waals surface area contributed by atoms with Gasteiger partial charge in [-0.3, -0.25) is 9.59 Å². The van der Waals surface area contributed by atoms with Crippen molar-refractivity contribution in [2.45, 2.75) is 32.8 Å². The Morgan fingerprint density at radius 3 is 2.71 bits per heavy atom. The first-order valence-corrected chi connectivity index (χ1v) is 7.30. The van der Waals surface area contributed by atoms with E-state index in [4.69, 9.17) is 0 Å². The lowest BCUT2D eigenvalue weighted by molar-refractivity contribution is -0.126. The van der Waals surface area contributed by atoms with Crippen molar-refractivity contribution < 1.29 is 14.7 Å². The Hall–Kier alpha value is -1.88. The molecule has 1 aromatic carbocycles. The standard InChI is InChI=1S/C16H22N2O3/c1-11-3-5-14(6-4-11)18-10-13(9-15(18)20)16(21)17-8-7-12(2)19/h3-6,12-13,19H,7-10H2,1-2H3,(H,17,21). The molecule has 1 heterocycles. The van der Waals surface area contributed by atoms with Crippen LogP contribution in [0.15, 0.2) is 24.3 Å². The Balaban J connectivity index is 1.93. The summed E-state index contributed by atoms with van der Waals surface area (Å²) in [6.07, 6.45) is 0.335. The number of anilines is 1. The van der Waals surface area contributed by atoms with Gasteiger partial charge in [0, 0.05) is 25.2 Å². The maximum Gasteiger partial charge on any atom is 0.227 e. The fourth-order valence-electron chi connectivity index (χ4n) is 2.41. The average molecular weight is 290 g/mol. The molecule has 0 saturated carbocycles. The van der Waals surface area contributed by atoms with E-state index >= 15 is 0 Å². The first kappa shape index (κ1) is 15.5. The summed E-state index contributed by atoms with van der Waals surface area (Å²) >= 11 is 0. The van der Waals surface area contributed by atoms with Gasteiger partial charge >= 0.3 is 0 Å². The summed E-state index contributed by atoms with van der Waals surface area (Å²) in [5.41, 5.74) is 1.97. The summed E-state index contributed by atoms with van der Waals surface area (Å²) < 4.78 is 0. The van der Waals surface area contributed by atoms with Gasteiger partial charge in [-0.2, -0.15) is 0 Å². The minimum absolute atomic E-state index is 0.0190. The Kier molecular flexibility index (Phi) is 4.96. The number of carbonyl (C=O) groups is 2. The van der Waals surface area contributed by atoms with Crippen molar-refractivity contribution in [1.82, 2.24) is 5.32 Å². The van der Waals surface area contributed by atoms with E-state index in [0.717, 1.165) is 11.3 Å². The summed E-state index contributed by atoms with van der Waals surface area (Å²) in [7, 11) is 0. The van der Waals surface area contributed by atoms with Crippen molar-refractivity contribution in [3.63, 3.8) is 0 Å². The minimum Gasteiger partial charge on any atom is -0.393 e. The van der Waals surface area contributed by atoms with Gasteiger partial charge < -0.3 is 15.3 Å². The third-order valence-corrected chi connectivity index (χ3v) is 3.70. The van der Waals surface area contributed by atoms with Gasteiger partial charge in [-0.05, 0) is 32.4 Å². The Labute approximate surface area is 125 Å². The van der Waals surface area contributed by atoms with Gasteiger partial charge in [0.25, 0.3) is 0 Å². The number of aliphatic hydroxyl groups is 1. The summed E-state index contributed by atoms with van der Waals surface area (Å²) in [5.74, 6) is -0.444. The zero-order valence-electron chi connectivity index (χ0n) is 12.5. The first-order chi connectivity index (χ1) is 9.97. The van der Waals surface area contributed by atoms with Crippen LogP contribution in [0.4, 0.5) is 5.69 Å². The fourth-order valence-corrected chi connectivity index (χ4v) is 2.41. The zero-order chi connectivity index (χ0) is 15.4. The zero-order valence-corrected chi connectivity index (χ0v) is 12.5. The van der Waals surface area contributed by atoms with E-state index in [-0.39, 0.29) is 24.2 Å². The number of nitrogens with zero attached hydrogens (tertiary/aromatic N) is 1. The number of aliphatic hydroxyl groups excluding tert-OH is 1. The highest BCUT2D eigenvalue weighted by molar-refractivity contribution is 6.00. The number of hydrogen-bond donors (Lipinski definition) is 2. The van der Waals surface area contributed by atoms with Crippen molar-refractivity contribution in [3.8, 4) is 0 Å². The number of nitrogens with one attached hydrogen (secondary N) is 1. The van der Waals surface area contributed by atoms with Crippen molar-refractivity contribution in [2.24, 2.45) is 5.92 Å². The molecule has 1 saturated heterocycles. The molecule has 2 N–H and O–H groups in total. The summed E-state index contributed by atoms with van der Waals surface area (Å²) in [6.45, 7) is 4.53. The van der Waals surface area contributed by atoms with Gasteiger partial charge in [0.1, 0.15) is 0 Å². The monoisotopic (exact) mass is 290 g/mol. The molecule has 5 nitrogen and oxygen atoms in total. The molecule has 2 unspecified atom stereocenters. The third kappa shape index (κ3) is 4.04. The van der Waals surface area contributed by atoms with Crippen LogP contribution >= 0.6 is 0 Å². The molecule has 1 aromatic rings.